The van der Waals surface area contributed by atoms with Crippen LogP contribution < -0.4 is 0 Å². The molecule has 0 amide bonds. The molecule has 1 aromatic heterocycles. The zero-order valence-electron chi connectivity index (χ0n) is 10.7. The molecule has 4 heteroatoms. The first-order valence-corrected chi connectivity index (χ1v) is 5.56. The van der Waals surface area contributed by atoms with Gasteiger partial charge < -0.3 is 9.84 Å². The average molecular weight is 237 g/mol. The molecule has 4 nitrogen and oxygen atoms in total. The molecule has 0 spiro atoms. The van der Waals surface area contributed by atoms with Crippen molar-refractivity contribution < 1.29 is 14.6 Å². The summed E-state index contributed by atoms with van der Waals surface area (Å²) in [6.07, 6.45) is 2.05. The maximum atomic E-state index is 11.1. The van der Waals surface area contributed by atoms with Gasteiger partial charge in [-0.1, -0.05) is 20.8 Å². The number of carbonyl (C=O) groups is 1. The third kappa shape index (κ3) is 3.53. The Morgan fingerprint density at radius 2 is 2.18 bits per heavy atom. The number of aromatic carboxylic acids is 1. The second-order valence-corrected chi connectivity index (χ2v) is 5.10. The summed E-state index contributed by atoms with van der Waals surface area (Å²) in [5.74, 6) is -0.947. The standard InChI is InChI=1S/C13H19NO3/c1-13(2,3)11(17-4)8-10-9(12(15)16)6-5-7-14-10/h5-7,11H,8H2,1-4H3,(H,15,16). The van der Waals surface area contributed by atoms with Crippen LogP contribution in [-0.4, -0.2) is 29.3 Å². The summed E-state index contributed by atoms with van der Waals surface area (Å²) in [5, 5.41) is 9.07. The van der Waals surface area contributed by atoms with Crippen LogP contribution in [0.3, 0.4) is 0 Å². The summed E-state index contributed by atoms with van der Waals surface area (Å²) >= 11 is 0. The summed E-state index contributed by atoms with van der Waals surface area (Å²) in [4.78, 5) is 15.2. The van der Waals surface area contributed by atoms with Gasteiger partial charge in [0.05, 0.1) is 17.4 Å². The van der Waals surface area contributed by atoms with Crippen molar-refractivity contribution in [2.75, 3.05) is 7.11 Å². The molecular formula is C13H19NO3. The molecule has 0 aromatic carbocycles. The van der Waals surface area contributed by atoms with E-state index in [1.54, 1.807) is 25.4 Å². The Morgan fingerprint density at radius 3 is 2.65 bits per heavy atom. The average Bonchev–Trinajstić information content (AvgIpc) is 2.24. The van der Waals surface area contributed by atoms with Crippen molar-refractivity contribution in [3.63, 3.8) is 0 Å². The number of rotatable bonds is 4. The quantitative estimate of drug-likeness (QED) is 0.873. The van der Waals surface area contributed by atoms with Gasteiger partial charge in [0.2, 0.25) is 0 Å². The molecule has 1 N–H and O–H groups in total. The fraction of sp³-hybridized carbons (Fsp3) is 0.538. The van der Waals surface area contributed by atoms with Crippen LogP contribution in [0.2, 0.25) is 0 Å². The van der Waals surface area contributed by atoms with Crippen LogP contribution in [0.5, 0.6) is 0 Å². The minimum atomic E-state index is -0.947. The predicted octanol–water partition coefficient (Wildman–Crippen LogP) is 2.38. The highest BCUT2D eigenvalue weighted by atomic mass is 16.5. The van der Waals surface area contributed by atoms with E-state index >= 15 is 0 Å². The van der Waals surface area contributed by atoms with Gasteiger partial charge >= 0.3 is 5.97 Å². The molecule has 0 fully saturated rings. The number of methoxy groups -OCH3 is 1. The maximum Gasteiger partial charge on any atom is 0.337 e. The molecule has 0 radical (unpaired) electrons. The normalized spacial score (nSPS) is 13.4. The topological polar surface area (TPSA) is 59.4 Å². The van der Waals surface area contributed by atoms with Gasteiger partial charge in [-0.25, -0.2) is 4.79 Å². The number of pyridine rings is 1. The van der Waals surface area contributed by atoms with Gasteiger partial charge in [0.15, 0.2) is 0 Å². The molecule has 0 bridgehead atoms. The molecule has 17 heavy (non-hydrogen) atoms. The van der Waals surface area contributed by atoms with E-state index < -0.39 is 5.97 Å². The lowest BCUT2D eigenvalue weighted by atomic mass is 9.85. The molecule has 1 aromatic rings. The van der Waals surface area contributed by atoms with E-state index in [2.05, 4.69) is 25.8 Å². The van der Waals surface area contributed by atoms with Crippen molar-refractivity contribution >= 4 is 5.97 Å². The Labute approximate surface area is 102 Å². The van der Waals surface area contributed by atoms with Crippen LogP contribution in [0.15, 0.2) is 18.3 Å². The highest BCUT2D eigenvalue weighted by Gasteiger charge is 2.26. The van der Waals surface area contributed by atoms with E-state index in [9.17, 15) is 4.79 Å². The number of aromatic nitrogens is 1. The second-order valence-electron chi connectivity index (χ2n) is 5.10. The molecule has 1 atom stereocenters. The van der Waals surface area contributed by atoms with Crippen molar-refractivity contribution in [1.29, 1.82) is 0 Å². The van der Waals surface area contributed by atoms with Crippen molar-refractivity contribution in [2.24, 2.45) is 5.41 Å². The Balaban J connectivity index is 2.98. The molecule has 1 rings (SSSR count). The molecule has 0 saturated heterocycles. The molecule has 0 saturated carbocycles. The maximum absolute atomic E-state index is 11.1. The molecule has 0 aliphatic carbocycles. The van der Waals surface area contributed by atoms with E-state index in [1.807, 2.05) is 0 Å². The molecule has 0 aliphatic heterocycles. The predicted molar refractivity (Wildman–Crippen MR) is 65.2 cm³/mol. The van der Waals surface area contributed by atoms with E-state index in [-0.39, 0.29) is 17.1 Å². The SMILES string of the molecule is COC(Cc1ncccc1C(=O)O)C(C)(C)C. The lowest BCUT2D eigenvalue weighted by Crippen LogP contribution is -2.31. The van der Waals surface area contributed by atoms with Gasteiger partial charge in [0, 0.05) is 19.7 Å². The highest BCUT2D eigenvalue weighted by molar-refractivity contribution is 5.88. The zero-order valence-corrected chi connectivity index (χ0v) is 10.7. The van der Waals surface area contributed by atoms with Crippen molar-refractivity contribution in [2.45, 2.75) is 33.3 Å². The summed E-state index contributed by atoms with van der Waals surface area (Å²) < 4.78 is 5.42. The molecule has 0 aliphatic rings. The van der Waals surface area contributed by atoms with Crippen LogP contribution >= 0.6 is 0 Å². The Morgan fingerprint density at radius 1 is 1.53 bits per heavy atom. The number of hydrogen-bond acceptors (Lipinski definition) is 3. The minimum Gasteiger partial charge on any atom is -0.478 e. The van der Waals surface area contributed by atoms with Crippen LogP contribution in [0, 0.1) is 5.41 Å². The fourth-order valence-electron chi connectivity index (χ4n) is 1.71. The lowest BCUT2D eigenvalue weighted by Gasteiger charge is -2.29. The van der Waals surface area contributed by atoms with Crippen LogP contribution in [0.4, 0.5) is 0 Å². The largest absolute Gasteiger partial charge is 0.478 e. The van der Waals surface area contributed by atoms with Crippen LogP contribution in [-0.2, 0) is 11.2 Å². The van der Waals surface area contributed by atoms with Crippen LogP contribution in [0.1, 0.15) is 36.8 Å². The number of carboxylic acid groups (broad SMARTS) is 1. The Hall–Kier alpha value is -1.42. The first kappa shape index (κ1) is 13.6. The number of carboxylic acids is 1. The number of hydrogen-bond donors (Lipinski definition) is 1. The Kier molecular flexibility index (Phi) is 4.23. The van der Waals surface area contributed by atoms with E-state index in [4.69, 9.17) is 9.84 Å². The number of ether oxygens (including phenoxy) is 1. The Bertz CT molecular complexity index is 396. The fourth-order valence-corrected chi connectivity index (χ4v) is 1.71. The molecule has 94 valence electrons. The molecule has 1 unspecified atom stereocenters. The molecular weight excluding hydrogens is 218 g/mol. The first-order valence-electron chi connectivity index (χ1n) is 5.56. The zero-order chi connectivity index (χ0) is 13.1. The van der Waals surface area contributed by atoms with Crippen molar-refractivity contribution in [1.82, 2.24) is 4.98 Å². The van der Waals surface area contributed by atoms with E-state index in [1.165, 1.54) is 0 Å². The van der Waals surface area contributed by atoms with Crippen molar-refractivity contribution in [3.8, 4) is 0 Å². The summed E-state index contributed by atoms with van der Waals surface area (Å²) in [6, 6.07) is 3.20. The van der Waals surface area contributed by atoms with Crippen molar-refractivity contribution in [3.05, 3.63) is 29.6 Å². The highest BCUT2D eigenvalue weighted by Crippen LogP contribution is 2.25. The van der Waals surface area contributed by atoms with Gasteiger partial charge in [0.1, 0.15) is 0 Å². The lowest BCUT2D eigenvalue weighted by molar-refractivity contribution is 0.0164. The summed E-state index contributed by atoms with van der Waals surface area (Å²) in [5.41, 5.74) is 0.766. The molecule has 1 heterocycles. The van der Waals surface area contributed by atoms with Gasteiger partial charge in [-0.3, -0.25) is 4.98 Å². The van der Waals surface area contributed by atoms with Crippen LogP contribution in [0.25, 0.3) is 0 Å². The van der Waals surface area contributed by atoms with Gasteiger partial charge in [0.25, 0.3) is 0 Å². The van der Waals surface area contributed by atoms with Gasteiger partial charge in [-0.05, 0) is 17.5 Å². The summed E-state index contributed by atoms with van der Waals surface area (Å²) in [6.45, 7) is 6.18. The first-order chi connectivity index (χ1) is 7.86. The third-order valence-electron chi connectivity index (χ3n) is 2.75. The smallest absolute Gasteiger partial charge is 0.337 e. The van der Waals surface area contributed by atoms with Gasteiger partial charge in [-0.15, -0.1) is 0 Å². The van der Waals surface area contributed by atoms with E-state index in [0.29, 0.717) is 12.1 Å². The monoisotopic (exact) mass is 237 g/mol. The summed E-state index contributed by atoms with van der Waals surface area (Å²) in [7, 11) is 1.64. The van der Waals surface area contributed by atoms with E-state index in [0.717, 1.165) is 0 Å². The second kappa shape index (κ2) is 5.27. The van der Waals surface area contributed by atoms with Gasteiger partial charge in [-0.2, -0.15) is 0 Å². The number of nitrogens with zero attached hydrogens (tertiary/aromatic N) is 1. The minimum absolute atomic E-state index is 0.0535. The third-order valence-corrected chi connectivity index (χ3v) is 2.75.